The fourth-order valence-corrected chi connectivity index (χ4v) is 3.75. The van der Waals surface area contributed by atoms with Crippen molar-refractivity contribution in [2.75, 3.05) is 24.5 Å². The lowest BCUT2D eigenvalue weighted by Crippen LogP contribution is -2.35. The van der Waals surface area contributed by atoms with Gasteiger partial charge in [-0.05, 0) is 65.4 Å². The molecule has 0 spiro atoms. The zero-order valence-corrected chi connectivity index (χ0v) is 14.8. The van der Waals surface area contributed by atoms with Gasteiger partial charge in [0.05, 0.1) is 6.10 Å². The molecule has 1 aromatic carbocycles. The van der Waals surface area contributed by atoms with E-state index in [-0.39, 0.29) is 12.0 Å². The smallest absolute Gasteiger partial charge is 0.251 e. The molecule has 3 rings (SSSR count). The van der Waals surface area contributed by atoms with Gasteiger partial charge in [0.15, 0.2) is 0 Å². The van der Waals surface area contributed by atoms with Crippen LogP contribution in [0.5, 0.6) is 0 Å². The van der Waals surface area contributed by atoms with Crippen molar-refractivity contribution in [3.05, 3.63) is 52.2 Å². The molecule has 128 valence electrons. The number of rotatable bonds is 5. The second-order valence-corrected chi connectivity index (χ2v) is 7.21. The highest BCUT2D eigenvalue weighted by Crippen LogP contribution is 2.21. The number of benzene rings is 1. The van der Waals surface area contributed by atoms with Crippen LogP contribution in [0.4, 0.5) is 5.69 Å². The Labute approximate surface area is 147 Å². The molecule has 1 aromatic heterocycles. The Morgan fingerprint density at radius 3 is 2.62 bits per heavy atom. The molecule has 5 heteroatoms. The third-order valence-electron chi connectivity index (χ3n) is 4.64. The quantitative estimate of drug-likeness (QED) is 0.875. The van der Waals surface area contributed by atoms with Crippen molar-refractivity contribution in [3.8, 4) is 0 Å². The van der Waals surface area contributed by atoms with Crippen LogP contribution in [-0.4, -0.2) is 36.8 Å². The van der Waals surface area contributed by atoms with E-state index >= 15 is 0 Å². The van der Waals surface area contributed by atoms with E-state index in [2.05, 4.69) is 34.0 Å². The van der Waals surface area contributed by atoms with Crippen LogP contribution in [0.1, 0.15) is 41.6 Å². The van der Waals surface area contributed by atoms with E-state index < -0.39 is 0 Å². The maximum atomic E-state index is 12.3. The summed E-state index contributed by atoms with van der Waals surface area (Å²) in [6.45, 7) is 4.49. The molecule has 1 unspecified atom stereocenters. The number of piperidine rings is 1. The largest absolute Gasteiger partial charge is 0.393 e. The van der Waals surface area contributed by atoms with Gasteiger partial charge >= 0.3 is 0 Å². The summed E-state index contributed by atoms with van der Waals surface area (Å²) in [5.74, 6) is 0.289. The Bertz CT molecular complexity index is 647. The van der Waals surface area contributed by atoms with E-state index in [9.17, 15) is 9.90 Å². The van der Waals surface area contributed by atoms with E-state index in [1.807, 2.05) is 24.3 Å². The van der Waals surface area contributed by atoms with Crippen LogP contribution in [0.25, 0.3) is 0 Å². The SMILES string of the molecule is CC(CNC(=O)c1ccc(N2CCC(O)CC2)cc1)c1ccsc1. The van der Waals surface area contributed by atoms with E-state index in [0.29, 0.717) is 18.0 Å². The first kappa shape index (κ1) is 17.0. The summed E-state index contributed by atoms with van der Waals surface area (Å²) in [4.78, 5) is 14.6. The Kier molecular flexibility index (Phi) is 5.53. The number of aliphatic hydroxyl groups is 1. The van der Waals surface area contributed by atoms with Crippen molar-refractivity contribution in [3.63, 3.8) is 0 Å². The molecule has 1 aliphatic rings. The molecule has 4 nitrogen and oxygen atoms in total. The van der Waals surface area contributed by atoms with Crippen LogP contribution in [0.2, 0.25) is 0 Å². The molecule has 2 aromatic rings. The van der Waals surface area contributed by atoms with Gasteiger partial charge in [-0.2, -0.15) is 11.3 Å². The number of aliphatic hydroxyl groups excluding tert-OH is 1. The van der Waals surface area contributed by atoms with Crippen molar-refractivity contribution in [1.29, 1.82) is 0 Å². The number of carbonyl (C=O) groups is 1. The molecule has 24 heavy (non-hydrogen) atoms. The molecule has 2 heterocycles. The molecular formula is C19H24N2O2S. The van der Waals surface area contributed by atoms with Crippen molar-refractivity contribution in [2.45, 2.75) is 31.8 Å². The predicted octanol–water partition coefficient (Wildman–Crippen LogP) is 3.24. The van der Waals surface area contributed by atoms with Gasteiger partial charge in [0.25, 0.3) is 5.91 Å². The van der Waals surface area contributed by atoms with Gasteiger partial charge < -0.3 is 15.3 Å². The minimum atomic E-state index is -0.170. The predicted molar refractivity (Wildman–Crippen MR) is 99.0 cm³/mol. The summed E-state index contributed by atoms with van der Waals surface area (Å²) < 4.78 is 0. The molecule has 1 fully saturated rings. The first-order valence-corrected chi connectivity index (χ1v) is 9.41. The average Bonchev–Trinajstić information content (AvgIpc) is 3.15. The monoisotopic (exact) mass is 344 g/mol. The number of carbonyl (C=O) groups excluding carboxylic acids is 1. The molecule has 1 amide bonds. The van der Waals surface area contributed by atoms with Crippen LogP contribution in [-0.2, 0) is 0 Å². The average molecular weight is 344 g/mol. The number of nitrogens with zero attached hydrogens (tertiary/aromatic N) is 1. The van der Waals surface area contributed by atoms with Gasteiger partial charge in [0.1, 0.15) is 0 Å². The zero-order valence-electron chi connectivity index (χ0n) is 13.9. The van der Waals surface area contributed by atoms with Crippen LogP contribution < -0.4 is 10.2 Å². The van der Waals surface area contributed by atoms with Gasteiger partial charge in [0, 0.05) is 30.9 Å². The van der Waals surface area contributed by atoms with E-state index in [1.165, 1.54) is 5.56 Å². The lowest BCUT2D eigenvalue weighted by Gasteiger charge is -2.31. The normalized spacial score (nSPS) is 16.8. The molecule has 0 radical (unpaired) electrons. The summed E-state index contributed by atoms with van der Waals surface area (Å²) >= 11 is 1.68. The van der Waals surface area contributed by atoms with Gasteiger partial charge in [-0.3, -0.25) is 4.79 Å². The van der Waals surface area contributed by atoms with Crippen LogP contribution in [0.3, 0.4) is 0 Å². The number of thiophene rings is 1. The fraction of sp³-hybridized carbons (Fsp3) is 0.421. The Balaban J connectivity index is 1.54. The van der Waals surface area contributed by atoms with Gasteiger partial charge in [0.2, 0.25) is 0 Å². The van der Waals surface area contributed by atoms with Crippen molar-refractivity contribution in [1.82, 2.24) is 5.32 Å². The summed E-state index contributed by atoms with van der Waals surface area (Å²) in [7, 11) is 0. The summed E-state index contributed by atoms with van der Waals surface area (Å²) in [6, 6.07) is 9.85. The van der Waals surface area contributed by atoms with E-state index in [1.54, 1.807) is 11.3 Å². The molecule has 1 atom stereocenters. The maximum absolute atomic E-state index is 12.3. The van der Waals surface area contributed by atoms with Crippen LogP contribution in [0.15, 0.2) is 41.1 Å². The van der Waals surface area contributed by atoms with E-state index in [0.717, 1.165) is 31.6 Å². The summed E-state index contributed by atoms with van der Waals surface area (Å²) in [5, 5.41) is 16.8. The Morgan fingerprint density at radius 2 is 2.00 bits per heavy atom. The zero-order chi connectivity index (χ0) is 16.9. The number of nitrogens with one attached hydrogen (secondary N) is 1. The summed E-state index contributed by atoms with van der Waals surface area (Å²) in [5.41, 5.74) is 3.07. The third-order valence-corrected chi connectivity index (χ3v) is 5.34. The maximum Gasteiger partial charge on any atom is 0.251 e. The molecular weight excluding hydrogens is 320 g/mol. The molecule has 2 N–H and O–H groups in total. The molecule has 0 saturated carbocycles. The van der Waals surface area contributed by atoms with Crippen molar-refractivity contribution >= 4 is 22.9 Å². The molecule has 0 bridgehead atoms. The minimum Gasteiger partial charge on any atom is -0.393 e. The highest BCUT2D eigenvalue weighted by atomic mass is 32.1. The van der Waals surface area contributed by atoms with Gasteiger partial charge in [-0.15, -0.1) is 0 Å². The third kappa shape index (κ3) is 4.16. The standard InChI is InChI=1S/C19H24N2O2S/c1-14(16-8-11-24-13-16)12-20-19(23)15-2-4-17(5-3-15)21-9-6-18(22)7-10-21/h2-5,8,11,13-14,18,22H,6-7,9-10,12H2,1H3,(H,20,23). The summed E-state index contributed by atoms with van der Waals surface area (Å²) in [6.07, 6.45) is 1.45. The first-order chi connectivity index (χ1) is 11.6. The Hall–Kier alpha value is -1.85. The van der Waals surface area contributed by atoms with Crippen molar-refractivity contribution < 1.29 is 9.90 Å². The molecule has 0 aliphatic carbocycles. The van der Waals surface area contributed by atoms with Crippen LogP contribution in [0, 0.1) is 0 Å². The minimum absolute atomic E-state index is 0.0299. The van der Waals surface area contributed by atoms with Gasteiger partial charge in [-0.1, -0.05) is 6.92 Å². The first-order valence-electron chi connectivity index (χ1n) is 8.47. The lowest BCUT2D eigenvalue weighted by molar-refractivity contribution is 0.0951. The van der Waals surface area contributed by atoms with Crippen molar-refractivity contribution in [2.24, 2.45) is 0 Å². The lowest BCUT2D eigenvalue weighted by atomic mass is 10.0. The van der Waals surface area contributed by atoms with E-state index in [4.69, 9.17) is 0 Å². The number of amides is 1. The highest BCUT2D eigenvalue weighted by molar-refractivity contribution is 7.07. The number of hydrogen-bond donors (Lipinski definition) is 2. The second kappa shape index (κ2) is 7.81. The fourth-order valence-electron chi connectivity index (χ4n) is 2.97. The van der Waals surface area contributed by atoms with Crippen LogP contribution >= 0.6 is 11.3 Å². The topological polar surface area (TPSA) is 52.6 Å². The Morgan fingerprint density at radius 1 is 1.29 bits per heavy atom. The molecule has 1 aliphatic heterocycles. The van der Waals surface area contributed by atoms with Gasteiger partial charge in [-0.25, -0.2) is 0 Å². The second-order valence-electron chi connectivity index (χ2n) is 6.43. The number of hydrogen-bond acceptors (Lipinski definition) is 4. The highest BCUT2D eigenvalue weighted by Gasteiger charge is 2.17. The molecule has 1 saturated heterocycles. The number of anilines is 1.